The number of nitrogens with one attached hydrogen (secondary N) is 2. The van der Waals surface area contributed by atoms with Crippen molar-refractivity contribution < 1.29 is 8.42 Å². The lowest BCUT2D eigenvalue weighted by molar-refractivity contribution is 0.588. The van der Waals surface area contributed by atoms with Gasteiger partial charge in [0.25, 0.3) is 0 Å². The third-order valence-corrected chi connectivity index (χ3v) is 3.87. The number of hydrogen-bond acceptors (Lipinski definition) is 4. The first-order chi connectivity index (χ1) is 7.44. The van der Waals surface area contributed by atoms with Crippen LogP contribution in [0.3, 0.4) is 0 Å². The molecule has 0 saturated carbocycles. The Morgan fingerprint density at radius 3 is 2.81 bits per heavy atom. The second kappa shape index (κ2) is 5.81. The molecule has 0 bridgehead atoms. The number of hydrogen-bond donors (Lipinski definition) is 2. The maximum absolute atomic E-state index is 11.1. The third kappa shape index (κ3) is 4.25. The predicted molar refractivity (Wildman–Crippen MR) is 68.3 cm³/mol. The topological polar surface area (TPSA) is 71.1 Å². The lowest BCUT2D eigenvalue weighted by Gasteiger charge is -2.07. The zero-order chi connectivity index (χ0) is 12.2. The molecule has 1 aromatic rings. The van der Waals surface area contributed by atoms with Gasteiger partial charge in [-0.1, -0.05) is 11.6 Å². The molecular weight excluding hydrogens is 318 g/mol. The second-order valence-corrected chi connectivity index (χ2v) is 6.30. The third-order valence-electron chi connectivity index (χ3n) is 1.78. The van der Waals surface area contributed by atoms with Crippen LogP contribution in [0.1, 0.15) is 0 Å². The highest BCUT2D eigenvalue weighted by atomic mass is 79.9. The molecule has 0 aliphatic carbocycles. The van der Waals surface area contributed by atoms with Crippen molar-refractivity contribution in [3.8, 4) is 0 Å². The Hall–Kier alpha value is -0.370. The van der Waals surface area contributed by atoms with Crippen molar-refractivity contribution in [3.63, 3.8) is 0 Å². The Morgan fingerprint density at radius 2 is 2.25 bits per heavy atom. The molecule has 0 fully saturated rings. The van der Waals surface area contributed by atoms with E-state index in [1.165, 1.54) is 7.05 Å². The summed E-state index contributed by atoms with van der Waals surface area (Å²) in [5.41, 5.74) is 0. The van der Waals surface area contributed by atoms with E-state index in [-0.39, 0.29) is 12.3 Å². The van der Waals surface area contributed by atoms with Gasteiger partial charge in [-0.2, -0.15) is 0 Å². The molecule has 0 aliphatic rings. The molecule has 0 aliphatic heterocycles. The highest BCUT2D eigenvalue weighted by Crippen LogP contribution is 2.22. The molecule has 1 rings (SSSR count). The zero-order valence-electron chi connectivity index (χ0n) is 8.50. The molecule has 5 nitrogen and oxygen atoms in total. The molecule has 16 heavy (non-hydrogen) atoms. The Labute approximate surface area is 108 Å². The molecule has 0 unspecified atom stereocenters. The molecule has 0 radical (unpaired) electrons. The minimum absolute atomic E-state index is 0.0302. The highest BCUT2D eigenvalue weighted by molar-refractivity contribution is 9.10. The quantitative estimate of drug-likeness (QED) is 0.858. The first-order valence-electron chi connectivity index (χ1n) is 4.41. The lowest BCUT2D eigenvalue weighted by Crippen LogP contribution is -2.26. The average molecular weight is 329 g/mol. The normalized spacial score (nSPS) is 11.4. The van der Waals surface area contributed by atoms with E-state index in [1.807, 2.05) is 0 Å². The van der Waals surface area contributed by atoms with E-state index in [1.54, 1.807) is 12.3 Å². The molecule has 0 atom stereocenters. The van der Waals surface area contributed by atoms with Crippen molar-refractivity contribution in [2.75, 3.05) is 24.7 Å². The molecule has 0 aromatic carbocycles. The molecule has 90 valence electrons. The number of anilines is 1. The summed E-state index contributed by atoms with van der Waals surface area (Å²) in [4.78, 5) is 4.02. The van der Waals surface area contributed by atoms with Crippen LogP contribution in [-0.4, -0.2) is 32.7 Å². The summed E-state index contributed by atoms with van der Waals surface area (Å²) < 4.78 is 25.2. The monoisotopic (exact) mass is 327 g/mol. The van der Waals surface area contributed by atoms with Gasteiger partial charge in [-0.25, -0.2) is 18.1 Å². The van der Waals surface area contributed by atoms with Gasteiger partial charge in [0.1, 0.15) is 5.82 Å². The Morgan fingerprint density at radius 1 is 1.56 bits per heavy atom. The molecule has 1 heterocycles. The van der Waals surface area contributed by atoms with Gasteiger partial charge in [-0.05, 0) is 29.0 Å². The summed E-state index contributed by atoms with van der Waals surface area (Å²) in [6.07, 6.45) is 1.58. The van der Waals surface area contributed by atoms with Gasteiger partial charge in [0.2, 0.25) is 10.0 Å². The van der Waals surface area contributed by atoms with Gasteiger partial charge in [-0.3, -0.25) is 0 Å². The van der Waals surface area contributed by atoms with Crippen LogP contribution in [0.4, 0.5) is 5.82 Å². The fourth-order valence-corrected chi connectivity index (χ4v) is 2.22. The van der Waals surface area contributed by atoms with E-state index >= 15 is 0 Å². The molecule has 0 spiro atoms. The van der Waals surface area contributed by atoms with Crippen molar-refractivity contribution in [1.29, 1.82) is 0 Å². The molecule has 0 amide bonds. The van der Waals surface area contributed by atoms with Crippen LogP contribution in [0.15, 0.2) is 16.7 Å². The van der Waals surface area contributed by atoms with Gasteiger partial charge in [0.15, 0.2) is 0 Å². The minimum atomic E-state index is -3.20. The average Bonchev–Trinajstić information content (AvgIpc) is 2.21. The number of sulfonamides is 1. The van der Waals surface area contributed by atoms with Crippen molar-refractivity contribution in [2.24, 2.45) is 0 Å². The van der Waals surface area contributed by atoms with Crippen molar-refractivity contribution in [2.45, 2.75) is 0 Å². The SMILES string of the molecule is CNS(=O)(=O)CCNc1ncc(Br)cc1Cl. The highest BCUT2D eigenvalue weighted by Gasteiger charge is 2.07. The summed E-state index contributed by atoms with van der Waals surface area (Å²) in [6.45, 7) is 0.248. The largest absolute Gasteiger partial charge is 0.368 e. The summed E-state index contributed by atoms with van der Waals surface area (Å²) >= 11 is 9.12. The van der Waals surface area contributed by atoms with Crippen LogP contribution >= 0.6 is 27.5 Å². The minimum Gasteiger partial charge on any atom is -0.368 e. The lowest BCUT2D eigenvalue weighted by atomic mass is 10.4. The van der Waals surface area contributed by atoms with E-state index in [0.29, 0.717) is 10.8 Å². The fraction of sp³-hybridized carbons (Fsp3) is 0.375. The van der Waals surface area contributed by atoms with E-state index < -0.39 is 10.0 Å². The first kappa shape index (κ1) is 13.7. The summed E-state index contributed by atoms with van der Waals surface area (Å²) in [5, 5.41) is 3.29. The van der Waals surface area contributed by atoms with Crippen molar-refractivity contribution >= 4 is 43.4 Å². The standard InChI is InChI=1S/C8H11BrClN3O2S/c1-11-16(14,15)3-2-12-8-7(10)4-6(9)5-13-8/h4-5,11H,2-3H2,1H3,(H,12,13). The molecule has 2 N–H and O–H groups in total. The molecular formula is C8H11BrClN3O2S. The van der Waals surface area contributed by atoms with E-state index in [2.05, 4.69) is 31.0 Å². The maximum Gasteiger partial charge on any atom is 0.213 e. The van der Waals surface area contributed by atoms with Crippen LogP contribution in [0, 0.1) is 0 Å². The summed E-state index contributed by atoms with van der Waals surface area (Å²) in [7, 11) is -1.83. The van der Waals surface area contributed by atoms with Crippen molar-refractivity contribution in [3.05, 3.63) is 21.8 Å². The van der Waals surface area contributed by atoms with Gasteiger partial charge in [0, 0.05) is 17.2 Å². The number of rotatable bonds is 5. The van der Waals surface area contributed by atoms with E-state index in [9.17, 15) is 8.42 Å². The van der Waals surface area contributed by atoms with Gasteiger partial charge in [-0.15, -0.1) is 0 Å². The van der Waals surface area contributed by atoms with Crippen LogP contribution in [0.25, 0.3) is 0 Å². The molecule has 1 aromatic heterocycles. The summed E-state index contributed by atoms with van der Waals surface area (Å²) in [6, 6.07) is 1.68. The Kier molecular flexibility index (Phi) is 4.97. The fourth-order valence-electron chi connectivity index (χ4n) is 0.951. The van der Waals surface area contributed by atoms with E-state index in [4.69, 9.17) is 11.6 Å². The predicted octanol–water partition coefficient (Wildman–Crippen LogP) is 1.46. The van der Waals surface area contributed by atoms with E-state index in [0.717, 1.165) is 4.47 Å². The number of halogens is 2. The van der Waals surface area contributed by atoms with Crippen LogP contribution in [0.5, 0.6) is 0 Å². The smallest absolute Gasteiger partial charge is 0.213 e. The number of nitrogens with zero attached hydrogens (tertiary/aromatic N) is 1. The van der Waals surface area contributed by atoms with Gasteiger partial charge >= 0.3 is 0 Å². The summed E-state index contributed by atoms with van der Waals surface area (Å²) in [5.74, 6) is 0.438. The van der Waals surface area contributed by atoms with Gasteiger partial charge < -0.3 is 5.32 Å². The van der Waals surface area contributed by atoms with Crippen LogP contribution in [-0.2, 0) is 10.0 Å². The number of pyridine rings is 1. The van der Waals surface area contributed by atoms with Gasteiger partial charge in [0.05, 0.1) is 10.8 Å². The maximum atomic E-state index is 11.1. The Balaban J connectivity index is 2.56. The Bertz CT molecular complexity index is 466. The first-order valence-corrected chi connectivity index (χ1v) is 7.23. The van der Waals surface area contributed by atoms with Crippen LogP contribution in [0.2, 0.25) is 5.02 Å². The number of aromatic nitrogens is 1. The van der Waals surface area contributed by atoms with Crippen LogP contribution < -0.4 is 10.0 Å². The molecule has 0 saturated heterocycles. The van der Waals surface area contributed by atoms with Crippen molar-refractivity contribution in [1.82, 2.24) is 9.71 Å². The molecule has 8 heteroatoms. The second-order valence-electron chi connectivity index (χ2n) is 2.93. The zero-order valence-corrected chi connectivity index (χ0v) is 11.7.